The number of aromatic hydroxyl groups is 1. The van der Waals surface area contributed by atoms with Gasteiger partial charge in [-0.1, -0.05) is 36.4 Å². The largest absolute Gasteiger partial charge is 0.506 e. The van der Waals surface area contributed by atoms with E-state index in [0.717, 1.165) is 27.9 Å². The molecule has 3 aromatic carbocycles. The summed E-state index contributed by atoms with van der Waals surface area (Å²) in [5.41, 5.74) is 2.91. The summed E-state index contributed by atoms with van der Waals surface area (Å²) >= 11 is 0. The summed E-state index contributed by atoms with van der Waals surface area (Å²) < 4.78 is 5.88. The molecule has 0 bridgehead atoms. The van der Waals surface area contributed by atoms with E-state index in [4.69, 9.17) is 4.74 Å². The molecule has 0 saturated heterocycles. The first-order valence-electron chi connectivity index (χ1n) is 8.58. The van der Waals surface area contributed by atoms with Gasteiger partial charge < -0.3 is 14.8 Å². The molecule has 0 aliphatic carbocycles. The monoisotopic (exact) mass is 353 g/mol. The van der Waals surface area contributed by atoms with Crippen LogP contribution in [0.15, 0.2) is 78.9 Å². The number of nitrogens with one attached hydrogen (secondary N) is 1. The van der Waals surface area contributed by atoms with Crippen molar-refractivity contribution < 1.29 is 9.84 Å². The number of hydrogen-bond acceptors (Lipinski definition) is 4. The first-order chi connectivity index (χ1) is 13.3. The second-order valence-corrected chi connectivity index (χ2v) is 6.22. The fourth-order valence-electron chi connectivity index (χ4n) is 3.06. The minimum atomic E-state index is 0.156. The summed E-state index contributed by atoms with van der Waals surface area (Å²) in [7, 11) is 0. The summed E-state index contributed by atoms with van der Waals surface area (Å²) in [4.78, 5) is 12.5. The highest BCUT2D eigenvalue weighted by Gasteiger charge is 2.10. The van der Waals surface area contributed by atoms with Crippen LogP contribution in [0.3, 0.4) is 0 Å². The number of phenolic OH excluding ortho intramolecular Hbond substituents is 1. The third-order valence-electron chi connectivity index (χ3n) is 4.37. The Morgan fingerprint density at radius 3 is 2.56 bits per heavy atom. The lowest BCUT2D eigenvalue weighted by Gasteiger charge is -2.04. The normalized spacial score (nSPS) is 11.1. The average Bonchev–Trinajstić information content (AvgIpc) is 3.12. The first kappa shape index (κ1) is 15.4. The van der Waals surface area contributed by atoms with Crippen molar-refractivity contribution in [3.8, 4) is 28.8 Å². The molecule has 0 saturated carbocycles. The molecule has 5 nitrogen and oxygen atoms in total. The minimum Gasteiger partial charge on any atom is -0.506 e. The zero-order chi connectivity index (χ0) is 18.2. The molecule has 130 valence electrons. The molecule has 0 radical (unpaired) electrons. The van der Waals surface area contributed by atoms with E-state index in [1.807, 2.05) is 66.7 Å². The van der Waals surface area contributed by atoms with Crippen LogP contribution in [0, 0.1) is 0 Å². The van der Waals surface area contributed by atoms with Gasteiger partial charge in [-0.25, -0.2) is 9.97 Å². The summed E-state index contributed by atoms with van der Waals surface area (Å²) in [6, 6.07) is 24.5. The number of hydrogen-bond donors (Lipinski definition) is 2. The van der Waals surface area contributed by atoms with E-state index in [2.05, 4.69) is 15.0 Å². The summed E-state index contributed by atoms with van der Waals surface area (Å²) in [5, 5.41) is 10.9. The molecule has 2 N–H and O–H groups in total. The van der Waals surface area contributed by atoms with E-state index in [1.54, 1.807) is 12.1 Å². The molecule has 5 aromatic rings. The fraction of sp³-hybridized carbons (Fsp3) is 0. The second kappa shape index (κ2) is 6.14. The van der Waals surface area contributed by atoms with Crippen LogP contribution >= 0.6 is 0 Å². The van der Waals surface area contributed by atoms with Gasteiger partial charge in [-0.05, 0) is 36.4 Å². The van der Waals surface area contributed by atoms with Crippen LogP contribution in [0.4, 0.5) is 0 Å². The van der Waals surface area contributed by atoms with Crippen LogP contribution in [0.2, 0.25) is 0 Å². The Labute approximate surface area is 154 Å². The molecule has 0 atom stereocenters. The molecule has 27 heavy (non-hydrogen) atoms. The van der Waals surface area contributed by atoms with Gasteiger partial charge in [0, 0.05) is 11.5 Å². The highest BCUT2D eigenvalue weighted by Crippen LogP contribution is 2.28. The number of H-pyrrole nitrogens is 1. The Morgan fingerprint density at radius 2 is 1.67 bits per heavy atom. The van der Waals surface area contributed by atoms with Gasteiger partial charge in [-0.15, -0.1) is 0 Å². The van der Waals surface area contributed by atoms with Gasteiger partial charge in [-0.3, -0.25) is 0 Å². The maximum absolute atomic E-state index is 10.0. The molecule has 0 aliphatic heterocycles. The maximum Gasteiger partial charge on any atom is 0.157 e. The lowest BCUT2D eigenvalue weighted by Crippen LogP contribution is -1.87. The summed E-state index contributed by atoms with van der Waals surface area (Å²) in [6.07, 6.45) is 0. The molecule has 0 fully saturated rings. The van der Waals surface area contributed by atoms with Crippen LogP contribution < -0.4 is 4.74 Å². The maximum atomic E-state index is 10.0. The van der Waals surface area contributed by atoms with Gasteiger partial charge >= 0.3 is 0 Å². The Morgan fingerprint density at radius 1 is 0.778 bits per heavy atom. The quantitative estimate of drug-likeness (QED) is 0.463. The van der Waals surface area contributed by atoms with Crippen molar-refractivity contribution >= 4 is 21.9 Å². The topological polar surface area (TPSA) is 71.0 Å². The van der Waals surface area contributed by atoms with E-state index in [0.29, 0.717) is 17.0 Å². The molecular weight excluding hydrogens is 338 g/mol. The molecule has 5 heteroatoms. The van der Waals surface area contributed by atoms with E-state index in [-0.39, 0.29) is 5.75 Å². The van der Waals surface area contributed by atoms with Crippen LogP contribution in [0.5, 0.6) is 17.2 Å². The van der Waals surface area contributed by atoms with E-state index in [1.165, 1.54) is 0 Å². The predicted molar refractivity (Wildman–Crippen MR) is 105 cm³/mol. The fourth-order valence-corrected chi connectivity index (χ4v) is 3.06. The zero-order valence-electron chi connectivity index (χ0n) is 14.3. The Balaban J connectivity index is 1.54. The second-order valence-electron chi connectivity index (χ2n) is 6.22. The number of fused-ring (bicyclic) bond motifs is 2. The van der Waals surface area contributed by atoms with Gasteiger partial charge in [0.05, 0.1) is 11.0 Å². The molecule has 2 aromatic heterocycles. The highest BCUT2D eigenvalue weighted by molar-refractivity contribution is 5.87. The number of benzene rings is 3. The van der Waals surface area contributed by atoms with Crippen molar-refractivity contribution in [3.05, 3.63) is 78.9 Å². The number of rotatable bonds is 3. The van der Waals surface area contributed by atoms with Gasteiger partial charge in [0.15, 0.2) is 5.82 Å². The third-order valence-corrected chi connectivity index (χ3v) is 4.37. The molecular formula is C22H15N3O2. The van der Waals surface area contributed by atoms with Gasteiger partial charge in [0.25, 0.3) is 0 Å². The molecule has 0 aliphatic rings. The van der Waals surface area contributed by atoms with Crippen molar-refractivity contribution in [2.75, 3.05) is 0 Å². The number of phenols is 1. The van der Waals surface area contributed by atoms with Crippen LogP contribution in [0.1, 0.15) is 0 Å². The predicted octanol–water partition coefficient (Wildman–Crippen LogP) is 5.28. The molecule has 5 rings (SSSR count). The van der Waals surface area contributed by atoms with Crippen LogP contribution in [-0.2, 0) is 0 Å². The smallest absolute Gasteiger partial charge is 0.157 e. The lowest BCUT2D eigenvalue weighted by molar-refractivity contribution is 0.480. The highest BCUT2D eigenvalue weighted by atomic mass is 16.5. The average molecular weight is 353 g/mol. The van der Waals surface area contributed by atoms with E-state index in [9.17, 15) is 5.11 Å². The Hall–Kier alpha value is -3.86. The number of nitrogens with zero attached hydrogens (tertiary/aromatic N) is 2. The van der Waals surface area contributed by atoms with Crippen LogP contribution in [0.25, 0.3) is 33.5 Å². The molecule has 0 unspecified atom stereocenters. The van der Waals surface area contributed by atoms with Gasteiger partial charge in [0.2, 0.25) is 0 Å². The standard InChI is InChI=1S/C22H15N3O2/c26-20-8-4-5-14-9-11-18(23-21(14)20)22-24-17-12-10-16(13-19(17)25-22)27-15-6-2-1-3-7-15/h1-13,26H,(H,24,25). The van der Waals surface area contributed by atoms with Crippen molar-refractivity contribution in [3.63, 3.8) is 0 Å². The third kappa shape index (κ3) is 2.85. The molecule has 0 spiro atoms. The SMILES string of the molecule is Oc1cccc2ccc(-c3nc4ccc(Oc5ccccc5)cc4[nH]3)nc12. The number of aromatic amines is 1. The molecule has 0 amide bonds. The minimum absolute atomic E-state index is 0.156. The van der Waals surface area contributed by atoms with Crippen molar-refractivity contribution in [1.82, 2.24) is 15.0 Å². The number of ether oxygens (including phenoxy) is 1. The first-order valence-corrected chi connectivity index (χ1v) is 8.58. The number of imidazole rings is 1. The lowest BCUT2D eigenvalue weighted by atomic mass is 10.2. The number of aromatic nitrogens is 3. The van der Waals surface area contributed by atoms with Crippen LogP contribution in [-0.4, -0.2) is 20.1 Å². The number of pyridine rings is 1. The van der Waals surface area contributed by atoms with E-state index < -0.39 is 0 Å². The van der Waals surface area contributed by atoms with Crippen molar-refractivity contribution in [1.29, 1.82) is 0 Å². The van der Waals surface area contributed by atoms with Gasteiger partial charge in [-0.2, -0.15) is 0 Å². The van der Waals surface area contributed by atoms with E-state index >= 15 is 0 Å². The summed E-state index contributed by atoms with van der Waals surface area (Å²) in [5.74, 6) is 2.31. The number of para-hydroxylation sites is 2. The van der Waals surface area contributed by atoms with Gasteiger partial charge in [0.1, 0.15) is 28.5 Å². The summed E-state index contributed by atoms with van der Waals surface area (Å²) in [6.45, 7) is 0. The molecule has 2 heterocycles. The Kier molecular flexibility index (Phi) is 3.50. The zero-order valence-corrected chi connectivity index (χ0v) is 14.3. The Bertz CT molecular complexity index is 1260. The van der Waals surface area contributed by atoms with Crippen molar-refractivity contribution in [2.24, 2.45) is 0 Å². The van der Waals surface area contributed by atoms with Crippen molar-refractivity contribution in [2.45, 2.75) is 0 Å².